The van der Waals surface area contributed by atoms with Crippen LogP contribution in [0.15, 0.2) is 0 Å². The van der Waals surface area contributed by atoms with Gasteiger partial charge in [0, 0.05) is 11.8 Å². The molecule has 0 saturated heterocycles. The molecule has 0 heterocycles. The van der Waals surface area contributed by atoms with Crippen LogP contribution in [0.25, 0.3) is 0 Å². The van der Waals surface area contributed by atoms with Crippen molar-refractivity contribution in [1.29, 1.82) is 0 Å². The average molecular weight is 260 g/mol. The maximum atomic E-state index is 12.4. The summed E-state index contributed by atoms with van der Waals surface area (Å²) in [5.74, 6) is 2.68. The molecule has 0 aromatic carbocycles. The zero-order valence-corrected chi connectivity index (χ0v) is 12.0. The predicted octanol–water partition coefficient (Wildman–Crippen LogP) is 3.24. The summed E-state index contributed by atoms with van der Waals surface area (Å²) in [6.45, 7) is 4.83. The molecule has 2 heteroatoms. The standard InChI is InChI=1S/C17H24O2/c1-17(2)11-7-3-5-9-13(11)14-10(16(19)15(9)18)6-4-8-12(14)17/h9-14H,3-8H2,1-2H3. The molecular formula is C17H24O2. The summed E-state index contributed by atoms with van der Waals surface area (Å²) in [5.41, 5.74) is 0.345. The van der Waals surface area contributed by atoms with E-state index in [1.54, 1.807) is 0 Å². The molecule has 4 aliphatic carbocycles. The fourth-order valence-corrected chi connectivity index (χ4v) is 6.51. The number of ketones is 2. The van der Waals surface area contributed by atoms with Gasteiger partial charge in [0.1, 0.15) is 0 Å². The Hall–Kier alpha value is -0.660. The van der Waals surface area contributed by atoms with Gasteiger partial charge in [0.05, 0.1) is 0 Å². The first-order chi connectivity index (χ1) is 9.03. The van der Waals surface area contributed by atoms with Gasteiger partial charge in [0.25, 0.3) is 0 Å². The van der Waals surface area contributed by atoms with E-state index in [0.717, 1.165) is 25.7 Å². The Morgan fingerprint density at radius 2 is 1.21 bits per heavy atom. The van der Waals surface area contributed by atoms with Crippen LogP contribution in [-0.2, 0) is 9.59 Å². The van der Waals surface area contributed by atoms with Crippen LogP contribution in [0.2, 0.25) is 0 Å². The maximum Gasteiger partial charge on any atom is 0.202 e. The van der Waals surface area contributed by atoms with Crippen molar-refractivity contribution in [3.05, 3.63) is 0 Å². The van der Waals surface area contributed by atoms with Gasteiger partial charge in [-0.05, 0) is 54.8 Å². The van der Waals surface area contributed by atoms with Crippen molar-refractivity contribution < 1.29 is 9.59 Å². The maximum absolute atomic E-state index is 12.4. The molecule has 6 unspecified atom stereocenters. The Kier molecular flexibility index (Phi) is 2.36. The summed E-state index contributed by atoms with van der Waals surface area (Å²) >= 11 is 0. The van der Waals surface area contributed by atoms with Gasteiger partial charge in [-0.1, -0.05) is 26.7 Å². The Labute approximate surface area is 115 Å². The molecule has 4 rings (SSSR count). The van der Waals surface area contributed by atoms with E-state index in [0.29, 0.717) is 29.1 Å². The van der Waals surface area contributed by atoms with E-state index < -0.39 is 0 Å². The molecule has 4 aliphatic rings. The first-order valence-corrected chi connectivity index (χ1v) is 8.11. The summed E-state index contributed by atoms with van der Waals surface area (Å²) in [4.78, 5) is 24.9. The number of Topliss-reactive ketones (excluding diaryl/α,β-unsaturated/α-hetero) is 2. The van der Waals surface area contributed by atoms with E-state index in [-0.39, 0.29) is 23.4 Å². The average Bonchev–Trinajstić information content (AvgIpc) is 2.65. The molecule has 0 bridgehead atoms. The van der Waals surface area contributed by atoms with Gasteiger partial charge < -0.3 is 0 Å². The van der Waals surface area contributed by atoms with Gasteiger partial charge in [0.15, 0.2) is 0 Å². The van der Waals surface area contributed by atoms with E-state index in [2.05, 4.69) is 13.8 Å². The Balaban J connectivity index is 1.85. The van der Waals surface area contributed by atoms with E-state index in [4.69, 9.17) is 0 Å². The molecule has 104 valence electrons. The minimum absolute atomic E-state index is 0.00861. The number of carbonyl (C=O) groups is 2. The smallest absolute Gasteiger partial charge is 0.202 e. The monoisotopic (exact) mass is 260 g/mol. The number of carbonyl (C=O) groups excluding carboxylic acids is 2. The molecule has 0 aromatic rings. The van der Waals surface area contributed by atoms with Gasteiger partial charge in [-0.2, -0.15) is 0 Å². The van der Waals surface area contributed by atoms with Crippen LogP contribution in [0.1, 0.15) is 52.4 Å². The van der Waals surface area contributed by atoms with Crippen molar-refractivity contribution in [2.24, 2.45) is 40.9 Å². The number of hydrogen-bond acceptors (Lipinski definition) is 2. The van der Waals surface area contributed by atoms with Gasteiger partial charge in [0.2, 0.25) is 11.6 Å². The van der Waals surface area contributed by atoms with E-state index >= 15 is 0 Å². The lowest BCUT2D eigenvalue weighted by Gasteiger charge is -2.45. The van der Waals surface area contributed by atoms with E-state index in [1.165, 1.54) is 12.8 Å². The third kappa shape index (κ3) is 1.33. The van der Waals surface area contributed by atoms with Crippen LogP contribution in [-0.4, -0.2) is 11.6 Å². The highest BCUT2D eigenvalue weighted by Crippen LogP contribution is 2.67. The molecule has 0 aliphatic heterocycles. The Bertz CT molecular complexity index is 410. The lowest BCUT2D eigenvalue weighted by Crippen LogP contribution is -2.50. The van der Waals surface area contributed by atoms with Crippen LogP contribution in [0.3, 0.4) is 0 Å². The third-order valence-corrected chi connectivity index (χ3v) is 7.19. The van der Waals surface area contributed by atoms with Crippen molar-refractivity contribution in [2.75, 3.05) is 0 Å². The quantitative estimate of drug-likeness (QED) is 0.627. The van der Waals surface area contributed by atoms with E-state index in [9.17, 15) is 9.59 Å². The van der Waals surface area contributed by atoms with Crippen LogP contribution < -0.4 is 0 Å². The highest BCUT2D eigenvalue weighted by atomic mass is 16.2. The van der Waals surface area contributed by atoms with Crippen LogP contribution in [0.5, 0.6) is 0 Å². The molecule has 0 spiro atoms. The fraction of sp³-hybridized carbons (Fsp3) is 0.882. The van der Waals surface area contributed by atoms with Crippen molar-refractivity contribution >= 4 is 11.6 Å². The molecule has 2 nitrogen and oxygen atoms in total. The second-order valence-electron chi connectivity index (χ2n) is 7.99. The Morgan fingerprint density at radius 3 is 1.63 bits per heavy atom. The molecule has 4 fully saturated rings. The SMILES string of the molecule is CC1(C)C2CCCC3C(=O)C(=O)C4CCCC1C4C32. The van der Waals surface area contributed by atoms with Crippen molar-refractivity contribution in [3.8, 4) is 0 Å². The summed E-state index contributed by atoms with van der Waals surface area (Å²) in [6, 6.07) is 0. The summed E-state index contributed by atoms with van der Waals surface area (Å²) in [7, 11) is 0. The molecule has 0 N–H and O–H groups in total. The van der Waals surface area contributed by atoms with Crippen LogP contribution >= 0.6 is 0 Å². The first kappa shape index (κ1) is 12.1. The minimum Gasteiger partial charge on any atom is -0.291 e. The second kappa shape index (κ2) is 3.71. The lowest BCUT2D eigenvalue weighted by atomic mass is 9.57. The summed E-state index contributed by atoms with van der Waals surface area (Å²) in [6.07, 6.45) is 6.84. The van der Waals surface area contributed by atoms with Crippen molar-refractivity contribution in [3.63, 3.8) is 0 Å². The number of hydrogen-bond donors (Lipinski definition) is 0. The van der Waals surface area contributed by atoms with Crippen molar-refractivity contribution in [2.45, 2.75) is 52.4 Å². The lowest BCUT2D eigenvalue weighted by molar-refractivity contribution is -0.152. The highest BCUT2D eigenvalue weighted by Gasteiger charge is 2.65. The molecule has 4 saturated carbocycles. The van der Waals surface area contributed by atoms with Gasteiger partial charge in [-0.3, -0.25) is 9.59 Å². The normalized spacial score (nSPS) is 51.1. The zero-order chi connectivity index (χ0) is 13.4. The second-order valence-corrected chi connectivity index (χ2v) is 7.99. The van der Waals surface area contributed by atoms with Gasteiger partial charge in [-0.15, -0.1) is 0 Å². The fourth-order valence-electron chi connectivity index (χ4n) is 6.51. The minimum atomic E-state index is 0.00861. The zero-order valence-electron chi connectivity index (χ0n) is 12.0. The molecular weight excluding hydrogens is 236 g/mol. The van der Waals surface area contributed by atoms with Crippen LogP contribution in [0, 0.1) is 40.9 Å². The highest BCUT2D eigenvalue weighted by molar-refractivity contribution is 6.39. The first-order valence-electron chi connectivity index (χ1n) is 8.11. The summed E-state index contributed by atoms with van der Waals surface area (Å²) < 4.78 is 0. The Morgan fingerprint density at radius 1 is 0.789 bits per heavy atom. The molecule has 0 radical (unpaired) electrons. The molecule has 0 aromatic heterocycles. The van der Waals surface area contributed by atoms with Gasteiger partial charge >= 0.3 is 0 Å². The van der Waals surface area contributed by atoms with Crippen LogP contribution in [0.4, 0.5) is 0 Å². The molecule has 6 atom stereocenters. The third-order valence-electron chi connectivity index (χ3n) is 7.19. The topological polar surface area (TPSA) is 34.1 Å². The molecule has 0 amide bonds. The molecule has 19 heavy (non-hydrogen) atoms. The van der Waals surface area contributed by atoms with E-state index in [1.807, 2.05) is 0 Å². The number of rotatable bonds is 0. The van der Waals surface area contributed by atoms with Crippen molar-refractivity contribution in [1.82, 2.24) is 0 Å². The van der Waals surface area contributed by atoms with Gasteiger partial charge in [-0.25, -0.2) is 0 Å². The summed E-state index contributed by atoms with van der Waals surface area (Å²) in [5, 5.41) is 0. The largest absolute Gasteiger partial charge is 0.291 e. The predicted molar refractivity (Wildman–Crippen MR) is 72.4 cm³/mol.